The summed E-state index contributed by atoms with van der Waals surface area (Å²) in [5.41, 5.74) is 0. The molecule has 0 aromatic heterocycles. The van der Waals surface area contributed by atoms with Gasteiger partial charge >= 0.3 is 6.36 Å². The van der Waals surface area contributed by atoms with Crippen molar-refractivity contribution in [2.24, 2.45) is 0 Å². The summed E-state index contributed by atoms with van der Waals surface area (Å²) in [5, 5.41) is 0. The van der Waals surface area contributed by atoms with Gasteiger partial charge in [-0.1, -0.05) is 0 Å². The zero-order chi connectivity index (χ0) is 9.90. The van der Waals surface area contributed by atoms with E-state index < -0.39 is 6.36 Å². The van der Waals surface area contributed by atoms with Crippen LogP contribution in [0.4, 0.5) is 13.2 Å². The highest BCUT2D eigenvalue weighted by Gasteiger charge is 2.31. The fourth-order valence-corrected chi connectivity index (χ4v) is 1.16. The van der Waals surface area contributed by atoms with Gasteiger partial charge in [0.1, 0.15) is 5.75 Å². The van der Waals surface area contributed by atoms with Crippen LogP contribution in [0.1, 0.15) is 0 Å². The lowest BCUT2D eigenvalue weighted by Gasteiger charge is -2.08. The molecule has 0 N–H and O–H groups in total. The normalized spacial score (nSPS) is 11.4. The van der Waals surface area contributed by atoms with Gasteiger partial charge in [0.2, 0.25) is 0 Å². The Balaban J connectivity index is 2.78. The zero-order valence-electron chi connectivity index (χ0n) is 6.68. The Kier molecular flexibility index (Phi) is 3.08. The molecule has 1 aromatic rings. The van der Waals surface area contributed by atoms with Crippen LogP contribution < -0.4 is 4.74 Å². The Morgan fingerprint density at radius 3 is 2.62 bits per heavy atom. The molecule has 0 aliphatic rings. The number of hydrogen-bond acceptors (Lipinski definition) is 2. The van der Waals surface area contributed by atoms with Crippen molar-refractivity contribution < 1.29 is 17.9 Å². The first-order valence-corrected chi connectivity index (χ1v) is 4.54. The van der Waals surface area contributed by atoms with E-state index in [0.29, 0.717) is 4.90 Å². The van der Waals surface area contributed by atoms with Crippen molar-refractivity contribution in [2.45, 2.75) is 11.3 Å². The van der Waals surface area contributed by atoms with Crippen molar-refractivity contribution in [1.29, 1.82) is 0 Å². The fourth-order valence-electron chi connectivity index (χ4n) is 0.740. The predicted molar refractivity (Wildman–Crippen MR) is 43.7 cm³/mol. The van der Waals surface area contributed by atoms with Gasteiger partial charge in [0.15, 0.2) is 0 Å². The molecular formula is C8H6F3OS. The SMILES string of the molecule is CSc1c[c]cc(OC(F)(F)F)c1. The van der Waals surface area contributed by atoms with Crippen molar-refractivity contribution in [2.75, 3.05) is 6.26 Å². The monoisotopic (exact) mass is 207 g/mol. The molecule has 0 aliphatic heterocycles. The molecule has 0 atom stereocenters. The van der Waals surface area contributed by atoms with E-state index in [1.54, 1.807) is 12.3 Å². The summed E-state index contributed by atoms with van der Waals surface area (Å²) in [6.45, 7) is 0. The summed E-state index contributed by atoms with van der Waals surface area (Å²) < 4.78 is 38.9. The van der Waals surface area contributed by atoms with Gasteiger partial charge in [-0.25, -0.2) is 0 Å². The quantitative estimate of drug-likeness (QED) is 0.689. The van der Waals surface area contributed by atoms with Gasteiger partial charge < -0.3 is 4.74 Å². The summed E-state index contributed by atoms with van der Waals surface area (Å²) in [4.78, 5) is 0.682. The van der Waals surface area contributed by atoms with Gasteiger partial charge in [0.25, 0.3) is 0 Å². The highest BCUT2D eigenvalue weighted by atomic mass is 32.2. The predicted octanol–water partition coefficient (Wildman–Crippen LogP) is 3.11. The molecule has 0 fully saturated rings. The highest BCUT2D eigenvalue weighted by Crippen LogP contribution is 2.25. The molecular weight excluding hydrogens is 201 g/mol. The molecule has 5 heteroatoms. The van der Waals surface area contributed by atoms with Crippen LogP contribution in [0.3, 0.4) is 0 Å². The van der Waals surface area contributed by atoms with Gasteiger partial charge in [-0.15, -0.1) is 24.9 Å². The number of hydrogen-bond donors (Lipinski definition) is 0. The van der Waals surface area contributed by atoms with Crippen LogP contribution >= 0.6 is 11.8 Å². The van der Waals surface area contributed by atoms with Gasteiger partial charge in [0, 0.05) is 4.90 Å². The van der Waals surface area contributed by atoms with Gasteiger partial charge in [-0.05, 0) is 30.5 Å². The van der Waals surface area contributed by atoms with Crippen LogP contribution in [-0.2, 0) is 0 Å². The lowest BCUT2D eigenvalue weighted by Crippen LogP contribution is -2.17. The molecule has 0 aliphatic carbocycles. The van der Waals surface area contributed by atoms with Crippen LogP contribution in [0.5, 0.6) is 5.75 Å². The van der Waals surface area contributed by atoms with Crippen LogP contribution in [0, 0.1) is 6.07 Å². The molecule has 1 radical (unpaired) electrons. The average molecular weight is 207 g/mol. The molecule has 0 bridgehead atoms. The number of ether oxygens (including phenoxy) is 1. The Hall–Kier alpha value is -0.840. The Morgan fingerprint density at radius 2 is 2.08 bits per heavy atom. The van der Waals surface area contributed by atoms with E-state index in [-0.39, 0.29) is 5.75 Å². The minimum Gasteiger partial charge on any atom is -0.406 e. The largest absolute Gasteiger partial charge is 0.573 e. The van der Waals surface area contributed by atoms with Crippen molar-refractivity contribution in [3.63, 3.8) is 0 Å². The molecule has 0 saturated carbocycles. The summed E-state index contributed by atoms with van der Waals surface area (Å²) in [6.07, 6.45) is -2.87. The Bertz CT molecular complexity index is 285. The van der Waals surface area contributed by atoms with Gasteiger partial charge in [0.05, 0.1) is 0 Å². The minimum atomic E-state index is -4.63. The molecule has 0 amide bonds. The third-order valence-electron chi connectivity index (χ3n) is 1.20. The second kappa shape index (κ2) is 3.91. The Labute approximate surface area is 77.9 Å². The fraction of sp³-hybridized carbons (Fsp3) is 0.250. The number of benzene rings is 1. The third-order valence-corrected chi connectivity index (χ3v) is 1.91. The summed E-state index contributed by atoms with van der Waals surface area (Å²) in [6, 6.07) is 6.61. The first-order valence-electron chi connectivity index (χ1n) is 3.32. The molecule has 13 heavy (non-hydrogen) atoms. The van der Waals surface area contributed by atoms with Crippen LogP contribution in [0.15, 0.2) is 23.1 Å². The standard InChI is InChI=1S/C8H6F3OS/c1-13-7-4-2-3-6(5-7)12-8(9,10)11/h3-5H,1H3. The molecule has 1 aromatic carbocycles. The second-order valence-electron chi connectivity index (χ2n) is 2.16. The smallest absolute Gasteiger partial charge is 0.406 e. The number of halogens is 3. The van der Waals surface area contributed by atoms with Crippen molar-refractivity contribution in [3.8, 4) is 5.75 Å². The van der Waals surface area contributed by atoms with Crippen LogP contribution in [-0.4, -0.2) is 12.6 Å². The first-order chi connectivity index (χ1) is 6.01. The average Bonchev–Trinajstić information content (AvgIpc) is 2.01. The van der Waals surface area contributed by atoms with Crippen LogP contribution in [0.25, 0.3) is 0 Å². The van der Waals surface area contributed by atoms with E-state index in [9.17, 15) is 13.2 Å². The van der Waals surface area contributed by atoms with E-state index in [0.717, 1.165) is 6.07 Å². The Morgan fingerprint density at radius 1 is 1.38 bits per heavy atom. The van der Waals surface area contributed by atoms with E-state index >= 15 is 0 Å². The molecule has 1 rings (SSSR count). The molecule has 0 saturated heterocycles. The minimum absolute atomic E-state index is 0.237. The summed E-state index contributed by atoms with van der Waals surface area (Å²) in [7, 11) is 0. The number of alkyl halides is 3. The van der Waals surface area contributed by atoms with E-state index in [2.05, 4.69) is 10.8 Å². The summed E-state index contributed by atoms with van der Waals surface area (Å²) in [5.74, 6) is -0.237. The van der Waals surface area contributed by atoms with E-state index in [1.165, 1.54) is 17.8 Å². The number of thioether (sulfide) groups is 1. The lowest BCUT2D eigenvalue weighted by atomic mass is 10.3. The van der Waals surface area contributed by atoms with Gasteiger partial charge in [-0.2, -0.15) is 0 Å². The molecule has 0 spiro atoms. The lowest BCUT2D eigenvalue weighted by molar-refractivity contribution is -0.274. The molecule has 0 unspecified atom stereocenters. The first kappa shape index (κ1) is 10.2. The van der Waals surface area contributed by atoms with Gasteiger partial charge in [-0.3, -0.25) is 0 Å². The third kappa shape index (κ3) is 3.59. The maximum absolute atomic E-state index is 11.7. The van der Waals surface area contributed by atoms with Crippen molar-refractivity contribution in [1.82, 2.24) is 0 Å². The zero-order valence-corrected chi connectivity index (χ0v) is 7.50. The maximum atomic E-state index is 11.7. The van der Waals surface area contributed by atoms with Crippen molar-refractivity contribution in [3.05, 3.63) is 24.3 Å². The molecule has 0 heterocycles. The summed E-state index contributed by atoms with van der Waals surface area (Å²) >= 11 is 1.33. The molecule has 1 nitrogen and oxygen atoms in total. The number of rotatable bonds is 2. The topological polar surface area (TPSA) is 9.23 Å². The maximum Gasteiger partial charge on any atom is 0.573 e. The molecule has 71 valence electrons. The second-order valence-corrected chi connectivity index (χ2v) is 3.04. The van der Waals surface area contributed by atoms with E-state index in [1.807, 2.05) is 0 Å². The highest BCUT2D eigenvalue weighted by molar-refractivity contribution is 7.98. The van der Waals surface area contributed by atoms with E-state index in [4.69, 9.17) is 0 Å². The van der Waals surface area contributed by atoms with Crippen molar-refractivity contribution >= 4 is 11.8 Å². The van der Waals surface area contributed by atoms with Crippen LogP contribution in [0.2, 0.25) is 0 Å².